The highest BCUT2D eigenvalue weighted by atomic mass is 16.3. The van der Waals surface area contributed by atoms with E-state index in [2.05, 4.69) is 31.9 Å². The Bertz CT molecular complexity index is 1640. The van der Waals surface area contributed by atoms with Crippen molar-refractivity contribution >= 4 is 53.2 Å². The van der Waals surface area contributed by atoms with Gasteiger partial charge in [0, 0.05) is 19.3 Å². The maximum atomic E-state index is 13.5. The zero-order valence-electron chi connectivity index (χ0n) is 29.2. The second-order valence-corrected chi connectivity index (χ2v) is 12.0. The standard InChI is InChI=1S/C34H46N10O10/c35-21(11-12-26(36)46)31(51)40-16-28(48)39-17-29(49)41-25(18-45)34(54)44-24(15-27(37)47)33(53)43-23(14-20-9-5-2-6-10-20)32(52)42-22(30(38)50)13-19-7-3-1-4-8-19/h1-10,21-25,45H,11-18,35H2,(H2,36,46)(H2,37,47)(H2,38,50)(H,39,48)(H,40,51)(H,41,49)(H,42,52)(H,43,53)(H,44,54). The summed E-state index contributed by atoms with van der Waals surface area (Å²) in [7, 11) is 0. The molecule has 2 aromatic carbocycles. The fourth-order valence-corrected chi connectivity index (χ4v) is 4.77. The average Bonchev–Trinajstić information content (AvgIpc) is 3.13. The zero-order valence-corrected chi connectivity index (χ0v) is 29.2. The number of nitrogens with one attached hydrogen (secondary N) is 6. The van der Waals surface area contributed by atoms with E-state index in [0.29, 0.717) is 11.1 Å². The van der Waals surface area contributed by atoms with Gasteiger partial charge >= 0.3 is 0 Å². The quantitative estimate of drug-likeness (QED) is 0.0509. The van der Waals surface area contributed by atoms with Gasteiger partial charge in [-0.3, -0.25) is 43.2 Å². The molecular formula is C34H46N10O10. The van der Waals surface area contributed by atoms with E-state index < -0.39 is 109 Å². The van der Waals surface area contributed by atoms with Crippen molar-refractivity contribution in [2.24, 2.45) is 22.9 Å². The third kappa shape index (κ3) is 16.3. The maximum absolute atomic E-state index is 13.5. The molecule has 54 heavy (non-hydrogen) atoms. The molecule has 0 aliphatic carbocycles. The molecule has 0 fully saturated rings. The van der Waals surface area contributed by atoms with E-state index in [-0.39, 0.29) is 25.7 Å². The number of nitrogens with two attached hydrogens (primary N) is 4. The lowest BCUT2D eigenvalue weighted by Crippen LogP contribution is -2.60. The fourth-order valence-electron chi connectivity index (χ4n) is 4.77. The molecule has 0 saturated carbocycles. The molecule has 2 aromatic rings. The minimum absolute atomic E-state index is 0.0477. The van der Waals surface area contributed by atoms with Crippen LogP contribution in [0.1, 0.15) is 30.4 Å². The summed E-state index contributed by atoms with van der Waals surface area (Å²) in [5.41, 5.74) is 22.8. The van der Waals surface area contributed by atoms with Crippen LogP contribution in [-0.4, -0.2) is 108 Å². The highest BCUT2D eigenvalue weighted by Crippen LogP contribution is 2.08. The Kier molecular flexibility index (Phi) is 18.2. The second-order valence-electron chi connectivity index (χ2n) is 12.0. The van der Waals surface area contributed by atoms with E-state index in [9.17, 15) is 48.3 Å². The van der Waals surface area contributed by atoms with Crippen LogP contribution in [0.3, 0.4) is 0 Å². The molecule has 20 heteroatoms. The number of hydrogen-bond acceptors (Lipinski definition) is 11. The molecule has 9 amide bonds. The molecule has 0 heterocycles. The number of primary amides is 3. The average molecular weight is 755 g/mol. The largest absolute Gasteiger partial charge is 0.394 e. The summed E-state index contributed by atoms with van der Waals surface area (Å²) in [5, 5.41) is 23.6. The van der Waals surface area contributed by atoms with E-state index in [0.717, 1.165) is 0 Å². The Morgan fingerprint density at radius 3 is 1.56 bits per heavy atom. The van der Waals surface area contributed by atoms with E-state index in [1.54, 1.807) is 60.7 Å². The smallest absolute Gasteiger partial charge is 0.245 e. The molecule has 0 saturated heterocycles. The molecule has 0 aliphatic rings. The van der Waals surface area contributed by atoms with E-state index in [1.807, 2.05) is 0 Å². The Labute approximate surface area is 309 Å². The lowest BCUT2D eigenvalue weighted by molar-refractivity contribution is -0.136. The van der Waals surface area contributed by atoms with E-state index in [4.69, 9.17) is 22.9 Å². The highest BCUT2D eigenvalue weighted by Gasteiger charge is 2.32. The normalized spacial score (nSPS) is 13.4. The lowest BCUT2D eigenvalue weighted by atomic mass is 10.0. The molecule has 2 rings (SSSR count). The summed E-state index contributed by atoms with van der Waals surface area (Å²) in [6, 6.07) is 10.2. The first-order valence-electron chi connectivity index (χ1n) is 16.6. The molecule has 0 radical (unpaired) electrons. The van der Waals surface area contributed by atoms with Gasteiger partial charge in [0.1, 0.15) is 24.2 Å². The topological polar surface area (TPSA) is 350 Å². The Balaban J connectivity index is 2.08. The SMILES string of the molecule is NC(=O)CCC(N)C(=O)NCC(=O)NCC(=O)NC(CO)C(=O)NC(CC(N)=O)C(=O)NC(Cc1ccccc1)C(=O)NC(Cc1ccccc1)C(N)=O. The predicted octanol–water partition coefficient (Wildman–Crippen LogP) is -5.41. The fraction of sp³-hybridized carbons (Fsp3) is 0.382. The molecule has 15 N–H and O–H groups in total. The van der Waals surface area contributed by atoms with Crippen LogP contribution in [0, 0.1) is 0 Å². The monoisotopic (exact) mass is 754 g/mol. The minimum Gasteiger partial charge on any atom is -0.394 e. The van der Waals surface area contributed by atoms with Crippen molar-refractivity contribution in [1.82, 2.24) is 31.9 Å². The summed E-state index contributed by atoms with van der Waals surface area (Å²) < 4.78 is 0. The number of aliphatic hydroxyl groups is 1. The van der Waals surface area contributed by atoms with Gasteiger partial charge < -0.3 is 59.9 Å². The van der Waals surface area contributed by atoms with Crippen LogP contribution in [0.5, 0.6) is 0 Å². The van der Waals surface area contributed by atoms with Crippen LogP contribution in [0.15, 0.2) is 60.7 Å². The summed E-state index contributed by atoms with van der Waals surface area (Å²) in [6.45, 7) is -2.27. The zero-order chi connectivity index (χ0) is 40.2. The van der Waals surface area contributed by atoms with Gasteiger partial charge in [0.15, 0.2) is 0 Å². The number of rotatable bonds is 23. The summed E-state index contributed by atoms with van der Waals surface area (Å²) >= 11 is 0. The van der Waals surface area contributed by atoms with Crippen LogP contribution in [0.4, 0.5) is 0 Å². The number of benzene rings is 2. The van der Waals surface area contributed by atoms with Crippen molar-refractivity contribution < 1.29 is 48.3 Å². The predicted molar refractivity (Wildman–Crippen MR) is 191 cm³/mol. The van der Waals surface area contributed by atoms with Gasteiger partial charge in [0.05, 0.1) is 32.2 Å². The molecule has 0 aromatic heterocycles. The van der Waals surface area contributed by atoms with Gasteiger partial charge in [0.25, 0.3) is 0 Å². The number of carbonyl (C=O) groups excluding carboxylic acids is 9. The van der Waals surface area contributed by atoms with Gasteiger partial charge in [-0.15, -0.1) is 0 Å². The molecule has 0 bridgehead atoms. The number of carbonyl (C=O) groups is 9. The van der Waals surface area contributed by atoms with Crippen molar-refractivity contribution in [2.45, 2.75) is 62.3 Å². The van der Waals surface area contributed by atoms with Gasteiger partial charge in [-0.25, -0.2) is 0 Å². The Morgan fingerprint density at radius 1 is 0.556 bits per heavy atom. The van der Waals surface area contributed by atoms with Crippen LogP contribution in [0.2, 0.25) is 0 Å². The van der Waals surface area contributed by atoms with E-state index >= 15 is 0 Å². The Morgan fingerprint density at radius 2 is 1.04 bits per heavy atom. The summed E-state index contributed by atoms with van der Waals surface area (Å²) in [5.74, 6) is -8.01. The molecule has 0 aliphatic heterocycles. The first-order valence-corrected chi connectivity index (χ1v) is 16.6. The molecule has 292 valence electrons. The Hall–Kier alpha value is -6.41. The maximum Gasteiger partial charge on any atom is 0.245 e. The van der Waals surface area contributed by atoms with Crippen LogP contribution in [-0.2, 0) is 56.0 Å². The van der Waals surface area contributed by atoms with Crippen molar-refractivity contribution in [3.05, 3.63) is 71.8 Å². The first-order chi connectivity index (χ1) is 25.6. The van der Waals surface area contributed by atoms with Gasteiger partial charge in [-0.05, 0) is 17.5 Å². The van der Waals surface area contributed by atoms with Crippen molar-refractivity contribution in [2.75, 3.05) is 19.7 Å². The van der Waals surface area contributed by atoms with Crippen LogP contribution < -0.4 is 54.8 Å². The number of amides is 9. The summed E-state index contributed by atoms with van der Waals surface area (Å²) in [6.07, 6.45) is -0.978. The van der Waals surface area contributed by atoms with Crippen molar-refractivity contribution in [1.29, 1.82) is 0 Å². The number of hydrogen-bond donors (Lipinski definition) is 11. The minimum atomic E-state index is -1.69. The second kappa shape index (κ2) is 22.5. The van der Waals surface area contributed by atoms with Gasteiger partial charge in [-0.1, -0.05) is 60.7 Å². The molecule has 0 spiro atoms. The number of aliphatic hydroxyl groups excluding tert-OH is 1. The van der Waals surface area contributed by atoms with Crippen molar-refractivity contribution in [3.63, 3.8) is 0 Å². The first kappa shape index (κ1) is 43.8. The molecule has 5 unspecified atom stereocenters. The molecule has 20 nitrogen and oxygen atoms in total. The molecule has 5 atom stereocenters. The van der Waals surface area contributed by atoms with Crippen LogP contribution in [0.25, 0.3) is 0 Å². The van der Waals surface area contributed by atoms with Crippen LogP contribution >= 0.6 is 0 Å². The highest BCUT2D eigenvalue weighted by molar-refractivity contribution is 5.97. The third-order valence-corrected chi connectivity index (χ3v) is 7.64. The van der Waals surface area contributed by atoms with Crippen molar-refractivity contribution in [3.8, 4) is 0 Å². The lowest BCUT2D eigenvalue weighted by Gasteiger charge is -2.25. The van der Waals surface area contributed by atoms with Gasteiger partial charge in [-0.2, -0.15) is 0 Å². The van der Waals surface area contributed by atoms with Gasteiger partial charge in [0.2, 0.25) is 53.2 Å². The van der Waals surface area contributed by atoms with E-state index in [1.165, 1.54) is 0 Å². The molecular weight excluding hydrogens is 708 g/mol. The third-order valence-electron chi connectivity index (χ3n) is 7.64. The summed E-state index contributed by atoms with van der Waals surface area (Å²) in [4.78, 5) is 112.